The number of hydrogen-bond donors (Lipinski definition) is 1. The first-order valence-electron chi connectivity index (χ1n) is 5.59. The maximum atomic E-state index is 6.07. The van der Waals surface area contributed by atoms with Gasteiger partial charge in [-0.1, -0.05) is 0 Å². The minimum atomic E-state index is 0.709. The number of rotatable bonds is 3. The third kappa shape index (κ3) is 2.24. The minimum absolute atomic E-state index is 0.709. The van der Waals surface area contributed by atoms with Crippen LogP contribution in [0.15, 0.2) is 28.1 Å². The lowest BCUT2D eigenvalue weighted by atomic mass is 10.1. The number of anilines is 1. The van der Waals surface area contributed by atoms with Crippen LogP contribution in [0.3, 0.4) is 0 Å². The summed E-state index contributed by atoms with van der Waals surface area (Å²) in [6, 6.07) is 4.43. The first kappa shape index (κ1) is 13.4. The second-order valence-corrected chi connectivity index (χ2v) is 5.79. The standard InChI is InChI=1S/C13H17N3S2/c1-8-5-12(18-4)9(6-11(8)17-3)10-7-15-16(2)13(10)14/h5-7H,14H2,1-4H3. The molecule has 2 N–H and O–H groups in total. The topological polar surface area (TPSA) is 43.8 Å². The number of nitrogens with two attached hydrogens (primary N) is 1. The summed E-state index contributed by atoms with van der Waals surface area (Å²) in [6.45, 7) is 2.14. The zero-order valence-corrected chi connectivity index (χ0v) is 12.7. The highest BCUT2D eigenvalue weighted by atomic mass is 32.2. The van der Waals surface area contributed by atoms with Gasteiger partial charge in [0.05, 0.1) is 6.20 Å². The van der Waals surface area contributed by atoms with E-state index in [1.165, 1.54) is 20.9 Å². The molecule has 1 heterocycles. The van der Waals surface area contributed by atoms with Gasteiger partial charge in [-0.2, -0.15) is 5.10 Å². The molecule has 0 aliphatic heterocycles. The van der Waals surface area contributed by atoms with E-state index < -0.39 is 0 Å². The molecule has 0 atom stereocenters. The Hall–Kier alpha value is -1.07. The Morgan fingerprint density at radius 1 is 1.11 bits per heavy atom. The van der Waals surface area contributed by atoms with Crippen molar-refractivity contribution in [2.75, 3.05) is 18.2 Å². The Morgan fingerprint density at radius 2 is 1.78 bits per heavy atom. The maximum Gasteiger partial charge on any atom is 0.129 e. The van der Waals surface area contributed by atoms with Crippen molar-refractivity contribution in [1.29, 1.82) is 0 Å². The molecule has 2 aromatic rings. The summed E-state index contributed by atoms with van der Waals surface area (Å²) in [5, 5.41) is 4.22. The Balaban J connectivity index is 2.65. The van der Waals surface area contributed by atoms with Gasteiger partial charge in [0.2, 0.25) is 0 Å². The molecule has 96 valence electrons. The molecule has 0 spiro atoms. The molecule has 1 aromatic heterocycles. The van der Waals surface area contributed by atoms with E-state index >= 15 is 0 Å². The number of thioether (sulfide) groups is 2. The van der Waals surface area contributed by atoms with Crippen molar-refractivity contribution in [2.24, 2.45) is 7.05 Å². The van der Waals surface area contributed by atoms with E-state index in [1.807, 2.05) is 13.2 Å². The molecule has 1 aromatic carbocycles. The smallest absolute Gasteiger partial charge is 0.129 e. The quantitative estimate of drug-likeness (QED) is 0.874. The van der Waals surface area contributed by atoms with Crippen molar-refractivity contribution in [2.45, 2.75) is 16.7 Å². The highest BCUT2D eigenvalue weighted by Gasteiger charge is 2.13. The van der Waals surface area contributed by atoms with E-state index in [0.29, 0.717) is 5.82 Å². The van der Waals surface area contributed by atoms with Gasteiger partial charge in [0.25, 0.3) is 0 Å². The van der Waals surface area contributed by atoms with Crippen LogP contribution in [0.1, 0.15) is 5.56 Å². The molecule has 0 radical (unpaired) electrons. The third-order valence-corrected chi connectivity index (χ3v) is 4.65. The van der Waals surface area contributed by atoms with Crippen LogP contribution in [-0.2, 0) is 7.05 Å². The first-order valence-corrected chi connectivity index (χ1v) is 8.04. The van der Waals surface area contributed by atoms with E-state index in [-0.39, 0.29) is 0 Å². The fraction of sp³-hybridized carbons (Fsp3) is 0.308. The fourth-order valence-corrected chi connectivity index (χ4v) is 3.22. The summed E-state index contributed by atoms with van der Waals surface area (Å²) < 4.78 is 1.71. The molecule has 0 aliphatic rings. The maximum absolute atomic E-state index is 6.07. The van der Waals surface area contributed by atoms with Crippen LogP contribution in [0, 0.1) is 6.92 Å². The van der Waals surface area contributed by atoms with Crippen molar-refractivity contribution in [3.8, 4) is 11.1 Å². The number of nitrogen functional groups attached to an aromatic ring is 1. The van der Waals surface area contributed by atoms with Crippen molar-refractivity contribution in [3.05, 3.63) is 23.9 Å². The molecular formula is C13H17N3S2. The molecule has 0 amide bonds. The highest BCUT2D eigenvalue weighted by Crippen LogP contribution is 2.37. The number of aryl methyl sites for hydroxylation is 2. The van der Waals surface area contributed by atoms with Crippen LogP contribution in [0.5, 0.6) is 0 Å². The second kappa shape index (κ2) is 5.28. The number of aromatic nitrogens is 2. The van der Waals surface area contributed by atoms with E-state index in [1.54, 1.807) is 28.2 Å². The average molecular weight is 279 g/mol. The highest BCUT2D eigenvalue weighted by molar-refractivity contribution is 7.99. The van der Waals surface area contributed by atoms with Crippen molar-refractivity contribution < 1.29 is 0 Å². The van der Waals surface area contributed by atoms with Gasteiger partial charge in [-0.25, -0.2) is 0 Å². The van der Waals surface area contributed by atoms with Crippen LogP contribution in [0.2, 0.25) is 0 Å². The SMILES string of the molecule is CSc1cc(-c2cnn(C)c2N)c(SC)cc1C. The summed E-state index contributed by atoms with van der Waals surface area (Å²) >= 11 is 3.50. The van der Waals surface area contributed by atoms with Gasteiger partial charge < -0.3 is 5.73 Å². The molecule has 0 saturated heterocycles. The van der Waals surface area contributed by atoms with Crippen molar-refractivity contribution in [3.63, 3.8) is 0 Å². The van der Waals surface area contributed by atoms with Gasteiger partial charge in [0.1, 0.15) is 5.82 Å². The lowest BCUT2D eigenvalue weighted by molar-refractivity contribution is 0.779. The van der Waals surface area contributed by atoms with Gasteiger partial charge in [-0.3, -0.25) is 4.68 Å². The lowest BCUT2D eigenvalue weighted by Crippen LogP contribution is -1.98. The summed E-state index contributed by atoms with van der Waals surface area (Å²) in [4.78, 5) is 2.52. The van der Waals surface area contributed by atoms with Gasteiger partial charge >= 0.3 is 0 Å². The Morgan fingerprint density at radius 3 is 2.28 bits per heavy atom. The van der Waals surface area contributed by atoms with Crippen LogP contribution in [-0.4, -0.2) is 22.3 Å². The van der Waals surface area contributed by atoms with Gasteiger partial charge in [0, 0.05) is 28.0 Å². The molecule has 5 heteroatoms. The van der Waals surface area contributed by atoms with Gasteiger partial charge in [-0.15, -0.1) is 23.5 Å². The summed E-state index contributed by atoms with van der Waals surface area (Å²) in [5.74, 6) is 0.709. The van der Waals surface area contributed by atoms with Crippen LogP contribution >= 0.6 is 23.5 Å². The second-order valence-electron chi connectivity index (χ2n) is 4.09. The third-order valence-electron chi connectivity index (χ3n) is 2.99. The number of hydrogen-bond acceptors (Lipinski definition) is 4. The first-order chi connectivity index (χ1) is 8.58. The monoisotopic (exact) mass is 279 g/mol. The Bertz CT molecular complexity index is 576. The molecule has 0 unspecified atom stereocenters. The molecular weight excluding hydrogens is 262 g/mol. The predicted octanol–water partition coefficient (Wildman–Crippen LogP) is 3.42. The van der Waals surface area contributed by atoms with E-state index in [2.05, 4.69) is 36.7 Å². The molecule has 0 fully saturated rings. The van der Waals surface area contributed by atoms with E-state index in [0.717, 1.165) is 5.56 Å². The van der Waals surface area contributed by atoms with E-state index in [9.17, 15) is 0 Å². The number of nitrogens with zero attached hydrogens (tertiary/aromatic N) is 2. The zero-order valence-electron chi connectivity index (χ0n) is 11.0. The predicted molar refractivity (Wildman–Crippen MR) is 81.4 cm³/mol. The number of benzene rings is 1. The van der Waals surface area contributed by atoms with E-state index in [4.69, 9.17) is 5.73 Å². The zero-order chi connectivity index (χ0) is 13.3. The normalized spacial score (nSPS) is 10.9. The Labute approximate surface area is 116 Å². The summed E-state index contributed by atoms with van der Waals surface area (Å²) in [6.07, 6.45) is 6.02. The summed E-state index contributed by atoms with van der Waals surface area (Å²) in [7, 11) is 1.86. The van der Waals surface area contributed by atoms with Crippen LogP contribution in [0.25, 0.3) is 11.1 Å². The molecule has 2 rings (SSSR count). The molecule has 0 bridgehead atoms. The molecule has 18 heavy (non-hydrogen) atoms. The minimum Gasteiger partial charge on any atom is -0.383 e. The van der Waals surface area contributed by atoms with Gasteiger partial charge in [0.15, 0.2) is 0 Å². The van der Waals surface area contributed by atoms with Crippen molar-refractivity contribution >= 4 is 29.3 Å². The summed E-state index contributed by atoms with van der Waals surface area (Å²) in [5.41, 5.74) is 9.56. The lowest BCUT2D eigenvalue weighted by Gasteiger charge is -2.11. The Kier molecular flexibility index (Phi) is 3.92. The van der Waals surface area contributed by atoms with Crippen LogP contribution < -0.4 is 5.73 Å². The fourth-order valence-electron chi connectivity index (χ4n) is 1.92. The largest absolute Gasteiger partial charge is 0.383 e. The van der Waals surface area contributed by atoms with Crippen LogP contribution in [0.4, 0.5) is 5.82 Å². The van der Waals surface area contributed by atoms with Crippen molar-refractivity contribution in [1.82, 2.24) is 9.78 Å². The molecule has 3 nitrogen and oxygen atoms in total. The molecule has 0 aliphatic carbocycles. The molecule has 0 saturated carbocycles. The van der Waals surface area contributed by atoms with Gasteiger partial charge in [-0.05, 0) is 37.1 Å². The average Bonchev–Trinajstić information content (AvgIpc) is 2.70.